The molecule has 0 bridgehead atoms. The quantitative estimate of drug-likeness (QED) is 0.701. The van der Waals surface area contributed by atoms with Crippen LogP contribution in [0, 0.1) is 11.3 Å². The van der Waals surface area contributed by atoms with E-state index in [1.54, 1.807) is 24.3 Å². The number of hydrogen-bond donors (Lipinski definition) is 0. The second kappa shape index (κ2) is 5.61. The molecule has 76 valence electrons. The van der Waals surface area contributed by atoms with Gasteiger partial charge in [-0.25, -0.2) is 0 Å². The number of rotatable bonds is 4. The maximum atomic E-state index is 10.1. The number of methoxy groups -OCH3 is 1. The van der Waals surface area contributed by atoms with Crippen molar-refractivity contribution in [3.63, 3.8) is 0 Å². The zero-order valence-corrected chi connectivity index (χ0v) is 8.43. The number of nitrogens with zero attached hydrogens (tertiary/aromatic N) is 1. The molecule has 0 radical (unpaired) electrons. The lowest BCUT2D eigenvalue weighted by atomic mass is 10.1. The maximum Gasteiger partial charge on any atom is 0.137 e. The molecule has 1 rings (SSSR count). The van der Waals surface area contributed by atoms with Gasteiger partial charge in [-0.15, -0.1) is 0 Å². The molecule has 0 aliphatic heterocycles. The van der Waals surface area contributed by atoms with Crippen molar-refractivity contribution in [3.8, 4) is 11.8 Å². The molecular formula is C12H11NO2. The molecule has 15 heavy (non-hydrogen) atoms. The number of carbonyl (C=O) groups is 1. The predicted molar refractivity (Wildman–Crippen MR) is 57.4 cm³/mol. The summed E-state index contributed by atoms with van der Waals surface area (Å²) in [5.74, 6) is 0.547. The Kier molecular flexibility index (Phi) is 4.11. The highest BCUT2D eigenvalue weighted by Gasteiger charge is 2.04. The summed E-state index contributed by atoms with van der Waals surface area (Å²) in [6.45, 7) is 0. The third-order valence-corrected chi connectivity index (χ3v) is 1.92. The lowest BCUT2D eigenvalue weighted by molar-refractivity contribution is -0.107. The first kappa shape index (κ1) is 11.0. The van der Waals surface area contributed by atoms with Crippen LogP contribution in [-0.2, 0) is 4.79 Å². The highest BCUT2D eigenvalue weighted by atomic mass is 16.5. The zero-order valence-electron chi connectivity index (χ0n) is 8.43. The Morgan fingerprint density at radius 2 is 2.33 bits per heavy atom. The van der Waals surface area contributed by atoms with E-state index in [1.807, 2.05) is 6.07 Å². The number of allylic oxidation sites excluding steroid dienone is 1. The highest BCUT2D eigenvalue weighted by Crippen LogP contribution is 2.22. The molecule has 3 heteroatoms. The van der Waals surface area contributed by atoms with Crippen LogP contribution in [0.25, 0.3) is 6.08 Å². The van der Waals surface area contributed by atoms with E-state index < -0.39 is 0 Å². The van der Waals surface area contributed by atoms with Gasteiger partial charge in [-0.2, -0.15) is 5.26 Å². The van der Waals surface area contributed by atoms with Crippen molar-refractivity contribution in [1.29, 1.82) is 5.26 Å². The van der Waals surface area contributed by atoms with E-state index >= 15 is 0 Å². The lowest BCUT2D eigenvalue weighted by Crippen LogP contribution is -1.90. The van der Waals surface area contributed by atoms with E-state index in [-0.39, 0.29) is 0 Å². The van der Waals surface area contributed by atoms with Gasteiger partial charge in [0.2, 0.25) is 0 Å². The van der Waals surface area contributed by atoms with Gasteiger partial charge in [0.15, 0.2) is 0 Å². The van der Waals surface area contributed by atoms with E-state index in [2.05, 4.69) is 6.07 Å². The normalized spacial score (nSPS) is 9.87. The van der Waals surface area contributed by atoms with E-state index in [9.17, 15) is 4.79 Å². The summed E-state index contributed by atoms with van der Waals surface area (Å²) in [6.07, 6.45) is 4.61. The second-order valence-corrected chi connectivity index (χ2v) is 2.84. The Morgan fingerprint density at radius 1 is 1.53 bits per heavy atom. The fraction of sp³-hybridized carbons (Fsp3) is 0.167. The average Bonchev–Trinajstić information content (AvgIpc) is 2.29. The van der Waals surface area contributed by atoms with Crippen molar-refractivity contribution >= 4 is 12.4 Å². The first-order valence-corrected chi connectivity index (χ1v) is 4.50. The predicted octanol–water partition coefficient (Wildman–Crippen LogP) is 2.17. The lowest BCUT2D eigenvalue weighted by Gasteiger charge is -2.04. The molecule has 0 heterocycles. The van der Waals surface area contributed by atoms with Crippen LogP contribution in [0.4, 0.5) is 0 Å². The minimum absolute atomic E-state index is 0.349. The highest BCUT2D eigenvalue weighted by molar-refractivity contribution is 5.64. The average molecular weight is 201 g/mol. The largest absolute Gasteiger partial charge is 0.495 e. The molecule has 0 unspecified atom stereocenters. The SMILES string of the molecule is COc1cccc(C=CCC=O)c1C#N. The monoisotopic (exact) mass is 201 g/mol. The second-order valence-electron chi connectivity index (χ2n) is 2.84. The number of carbonyl (C=O) groups excluding carboxylic acids is 1. The van der Waals surface area contributed by atoms with E-state index in [0.29, 0.717) is 17.7 Å². The van der Waals surface area contributed by atoms with Crippen molar-refractivity contribution in [2.75, 3.05) is 7.11 Å². The van der Waals surface area contributed by atoms with Crippen LogP contribution in [-0.4, -0.2) is 13.4 Å². The van der Waals surface area contributed by atoms with Gasteiger partial charge < -0.3 is 9.53 Å². The van der Waals surface area contributed by atoms with Crippen LogP contribution in [0.1, 0.15) is 17.5 Å². The van der Waals surface area contributed by atoms with E-state index in [1.165, 1.54) is 7.11 Å². The number of nitriles is 1. The minimum atomic E-state index is 0.349. The van der Waals surface area contributed by atoms with Crippen LogP contribution < -0.4 is 4.74 Å². The zero-order chi connectivity index (χ0) is 11.1. The maximum absolute atomic E-state index is 10.1. The van der Waals surface area contributed by atoms with Crippen molar-refractivity contribution in [2.45, 2.75) is 6.42 Å². The van der Waals surface area contributed by atoms with Crippen LogP contribution in [0.15, 0.2) is 24.3 Å². The first-order chi connectivity index (χ1) is 7.33. The molecule has 1 aromatic rings. The minimum Gasteiger partial charge on any atom is -0.495 e. The molecule has 0 N–H and O–H groups in total. The fourth-order valence-electron chi connectivity index (χ4n) is 1.23. The van der Waals surface area contributed by atoms with Gasteiger partial charge in [-0.3, -0.25) is 0 Å². The van der Waals surface area contributed by atoms with Crippen LogP contribution in [0.2, 0.25) is 0 Å². The summed E-state index contributed by atoms with van der Waals surface area (Å²) in [6, 6.07) is 7.42. The number of benzene rings is 1. The first-order valence-electron chi connectivity index (χ1n) is 4.50. The van der Waals surface area contributed by atoms with Gasteiger partial charge in [0.1, 0.15) is 23.7 Å². The summed E-state index contributed by atoms with van der Waals surface area (Å²) in [5.41, 5.74) is 1.25. The van der Waals surface area contributed by atoms with Crippen LogP contribution in [0.5, 0.6) is 5.75 Å². The van der Waals surface area contributed by atoms with Gasteiger partial charge >= 0.3 is 0 Å². The van der Waals surface area contributed by atoms with Gasteiger partial charge in [0.25, 0.3) is 0 Å². The Bertz CT molecular complexity index is 416. The smallest absolute Gasteiger partial charge is 0.137 e. The molecule has 0 saturated heterocycles. The van der Waals surface area contributed by atoms with Gasteiger partial charge in [0.05, 0.1) is 7.11 Å². The molecule has 3 nitrogen and oxygen atoms in total. The van der Waals surface area contributed by atoms with Crippen LogP contribution in [0.3, 0.4) is 0 Å². The van der Waals surface area contributed by atoms with Crippen molar-refractivity contribution < 1.29 is 9.53 Å². The third kappa shape index (κ3) is 2.68. The van der Waals surface area contributed by atoms with E-state index in [4.69, 9.17) is 10.00 Å². The number of aldehydes is 1. The number of hydrogen-bond acceptors (Lipinski definition) is 3. The Morgan fingerprint density at radius 3 is 2.93 bits per heavy atom. The number of ether oxygens (including phenoxy) is 1. The molecule has 0 saturated carbocycles. The summed E-state index contributed by atoms with van der Waals surface area (Å²) >= 11 is 0. The molecule has 1 aromatic carbocycles. The fourth-order valence-corrected chi connectivity index (χ4v) is 1.23. The topological polar surface area (TPSA) is 50.1 Å². The Hall–Kier alpha value is -2.08. The molecule has 0 aliphatic rings. The molecule has 0 aliphatic carbocycles. The molecule has 0 fully saturated rings. The Labute approximate surface area is 88.6 Å². The standard InChI is InChI=1S/C12H11NO2/c1-15-12-7-4-6-10(11(12)9-13)5-2-3-8-14/h2,4-8H,3H2,1H3. The molecule has 0 spiro atoms. The van der Waals surface area contributed by atoms with Gasteiger partial charge in [0, 0.05) is 6.42 Å². The molecule has 0 amide bonds. The van der Waals surface area contributed by atoms with Crippen molar-refractivity contribution in [3.05, 3.63) is 35.4 Å². The summed E-state index contributed by atoms with van der Waals surface area (Å²) in [4.78, 5) is 10.1. The molecular weight excluding hydrogens is 190 g/mol. The van der Waals surface area contributed by atoms with Gasteiger partial charge in [-0.05, 0) is 11.6 Å². The van der Waals surface area contributed by atoms with Crippen molar-refractivity contribution in [2.24, 2.45) is 0 Å². The Balaban J connectivity index is 3.07. The van der Waals surface area contributed by atoms with Crippen LogP contribution >= 0.6 is 0 Å². The van der Waals surface area contributed by atoms with Gasteiger partial charge in [-0.1, -0.05) is 24.3 Å². The van der Waals surface area contributed by atoms with E-state index in [0.717, 1.165) is 11.8 Å². The third-order valence-electron chi connectivity index (χ3n) is 1.92. The summed E-state index contributed by atoms with van der Waals surface area (Å²) in [5, 5.41) is 8.95. The molecule has 0 aromatic heterocycles. The molecule has 0 atom stereocenters. The summed E-state index contributed by atoms with van der Waals surface area (Å²) in [7, 11) is 1.52. The van der Waals surface area contributed by atoms with Crippen molar-refractivity contribution in [1.82, 2.24) is 0 Å². The summed E-state index contributed by atoms with van der Waals surface area (Å²) < 4.78 is 5.06.